The van der Waals surface area contributed by atoms with E-state index < -0.39 is 17.7 Å². The predicted octanol–water partition coefficient (Wildman–Crippen LogP) is 5.92. The number of rotatable bonds is 5. The maximum absolute atomic E-state index is 11.9. The molecule has 1 aliphatic rings. The molecule has 0 saturated heterocycles. The molecule has 0 bridgehead atoms. The van der Waals surface area contributed by atoms with Crippen LogP contribution in [-0.2, 0) is 14.3 Å². The summed E-state index contributed by atoms with van der Waals surface area (Å²) in [5.41, 5.74) is 1.33. The Morgan fingerprint density at radius 2 is 1.58 bits per heavy atom. The maximum Gasteiger partial charge on any atom is 0.408 e. The molecule has 0 aromatic heterocycles. The molecule has 0 aliphatic heterocycles. The molecule has 3 rings (SSSR count). The van der Waals surface area contributed by atoms with E-state index in [0.717, 1.165) is 41.7 Å². The van der Waals surface area contributed by atoms with Gasteiger partial charge >= 0.3 is 12.1 Å². The number of aryl methyl sites for hydroxylation is 1. The van der Waals surface area contributed by atoms with Crippen LogP contribution < -0.4 is 5.32 Å². The van der Waals surface area contributed by atoms with Crippen molar-refractivity contribution in [1.82, 2.24) is 5.32 Å². The Hall–Kier alpha value is -2.80. The van der Waals surface area contributed by atoms with Gasteiger partial charge in [-0.2, -0.15) is 0 Å². The van der Waals surface area contributed by atoms with Crippen molar-refractivity contribution < 1.29 is 23.9 Å². The van der Waals surface area contributed by atoms with Gasteiger partial charge in [0.2, 0.25) is 5.12 Å². The van der Waals surface area contributed by atoms with Crippen LogP contribution >= 0.6 is 11.8 Å². The van der Waals surface area contributed by atoms with E-state index in [4.69, 9.17) is 9.47 Å². The number of alkyl carbamates (subject to hydrolysis) is 1. The highest BCUT2D eigenvalue weighted by atomic mass is 32.2. The Balaban J connectivity index is 0.000000234. The number of carbonyl (C=O) groups excluding carboxylic acids is 3. The number of hydrogen-bond donors (Lipinski definition) is 1. The number of amides is 1. The minimum atomic E-state index is -0.596. The molecule has 1 aliphatic carbocycles. The van der Waals surface area contributed by atoms with Crippen LogP contribution in [0.4, 0.5) is 4.79 Å². The lowest BCUT2D eigenvalue weighted by Crippen LogP contribution is -2.36. The van der Waals surface area contributed by atoms with Crippen LogP contribution in [-0.4, -0.2) is 35.4 Å². The lowest BCUT2D eigenvalue weighted by Gasteiger charge is -2.19. The summed E-state index contributed by atoms with van der Waals surface area (Å²) in [5.74, 6) is -0.400. The Kier molecular flexibility index (Phi) is 10.5. The molecule has 33 heavy (non-hydrogen) atoms. The van der Waals surface area contributed by atoms with Gasteiger partial charge in [0.05, 0.1) is 0 Å². The van der Waals surface area contributed by atoms with Crippen molar-refractivity contribution in [3.63, 3.8) is 0 Å². The number of thioether (sulfide) groups is 1. The van der Waals surface area contributed by atoms with Crippen molar-refractivity contribution in [2.75, 3.05) is 6.54 Å². The molecule has 1 fully saturated rings. The molecule has 0 unspecified atom stereocenters. The van der Waals surface area contributed by atoms with E-state index in [2.05, 4.69) is 5.32 Å². The van der Waals surface area contributed by atoms with Crippen molar-refractivity contribution in [2.45, 2.75) is 70.0 Å². The summed E-state index contributed by atoms with van der Waals surface area (Å²) >= 11 is 1.28. The quantitative estimate of drug-likeness (QED) is 0.430. The highest BCUT2D eigenvalue weighted by molar-refractivity contribution is 8.14. The van der Waals surface area contributed by atoms with Crippen molar-refractivity contribution in [3.05, 3.63) is 65.7 Å². The van der Waals surface area contributed by atoms with Gasteiger partial charge in [0.15, 0.2) is 0 Å². The fourth-order valence-electron chi connectivity index (χ4n) is 3.10. The fraction of sp³-hybridized carbons (Fsp3) is 0.423. The van der Waals surface area contributed by atoms with Gasteiger partial charge in [0.1, 0.15) is 18.2 Å². The van der Waals surface area contributed by atoms with E-state index in [1.54, 1.807) is 20.8 Å². The number of ether oxygens (including phenoxy) is 2. The lowest BCUT2D eigenvalue weighted by molar-refractivity contribution is -0.147. The van der Waals surface area contributed by atoms with Gasteiger partial charge in [-0.05, 0) is 76.8 Å². The fourth-order valence-corrected chi connectivity index (χ4v) is 3.93. The van der Waals surface area contributed by atoms with Crippen LogP contribution in [0.5, 0.6) is 0 Å². The minimum Gasteiger partial charge on any atom is -0.461 e. The molecule has 0 atom stereocenters. The summed E-state index contributed by atoms with van der Waals surface area (Å²) in [6.07, 6.45) is 3.51. The SMILES string of the molecule is CC(C)(C)OC(=O)NCC(=O)OC1CCCC1.Cc1ccccc1SC(=O)c1ccccc1. The van der Waals surface area contributed by atoms with Gasteiger partial charge in [-0.15, -0.1) is 0 Å². The zero-order valence-corrected chi connectivity index (χ0v) is 20.6. The second kappa shape index (κ2) is 13.0. The van der Waals surface area contributed by atoms with Gasteiger partial charge in [0, 0.05) is 10.5 Å². The van der Waals surface area contributed by atoms with Gasteiger partial charge in [0.25, 0.3) is 0 Å². The van der Waals surface area contributed by atoms with Crippen LogP contribution in [0, 0.1) is 6.92 Å². The molecule has 0 heterocycles. The first-order chi connectivity index (χ1) is 15.6. The topological polar surface area (TPSA) is 81.7 Å². The molecular formula is C26H33NO5S. The third kappa shape index (κ3) is 10.6. The highest BCUT2D eigenvalue weighted by Gasteiger charge is 2.21. The van der Waals surface area contributed by atoms with Gasteiger partial charge in [-0.25, -0.2) is 4.79 Å². The number of benzene rings is 2. The molecule has 2 aromatic rings. The van der Waals surface area contributed by atoms with E-state index in [0.29, 0.717) is 0 Å². The van der Waals surface area contributed by atoms with Crippen LogP contribution in [0.2, 0.25) is 0 Å². The molecule has 178 valence electrons. The van der Waals surface area contributed by atoms with Gasteiger partial charge in [-0.1, -0.05) is 48.5 Å². The van der Waals surface area contributed by atoms with Crippen molar-refractivity contribution in [1.29, 1.82) is 0 Å². The van der Waals surface area contributed by atoms with E-state index in [1.807, 2.05) is 61.5 Å². The minimum absolute atomic E-state index is 0.0305. The standard InChI is InChI=1S/C14H12OS.C12H21NO4/c1-11-7-5-6-10-13(11)16-14(15)12-8-3-2-4-9-12;1-12(2,3)17-11(15)13-8-10(14)16-9-6-4-5-7-9/h2-10H,1H3;9H,4-8H2,1-3H3,(H,13,15). The van der Waals surface area contributed by atoms with Crippen LogP contribution in [0.1, 0.15) is 62.4 Å². The number of esters is 1. The zero-order valence-electron chi connectivity index (χ0n) is 19.8. The summed E-state index contributed by atoms with van der Waals surface area (Å²) < 4.78 is 10.2. The zero-order chi connectivity index (χ0) is 24.3. The third-order valence-electron chi connectivity index (χ3n) is 4.68. The summed E-state index contributed by atoms with van der Waals surface area (Å²) in [6.45, 7) is 7.18. The molecule has 1 saturated carbocycles. The third-order valence-corrected chi connectivity index (χ3v) is 5.78. The maximum atomic E-state index is 11.9. The Labute approximate surface area is 200 Å². The summed E-state index contributed by atoms with van der Waals surface area (Å²) in [6, 6.07) is 17.3. The first kappa shape index (κ1) is 26.5. The second-order valence-corrected chi connectivity index (χ2v) is 9.79. The second-order valence-electron chi connectivity index (χ2n) is 8.77. The van der Waals surface area contributed by atoms with Gasteiger partial charge < -0.3 is 14.8 Å². The van der Waals surface area contributed by atoms with Crippen molar-refractivity contribution >= 4 is 28.9 Å². The molecular weight excluding hydrogens is 438 g/mol. The normalized spacial score (nSPS) is 13.5. The van der Waals surface area contributed by atoms with Crippen LogP contribution in [0.3, 0.4) is 0 Å². The first-order valence-electron chi connectivity index (χ1n) is 11.1. The summed E-state index contributed by atoms with van der Waals surface area (Å²) in [7, 11) is 0. The Morgan fingerprint density at radius 3 is 2.18 bits per heavy atom. The number of nitrogens with one attached hydrogen (secondary N) is 1. The van der Waals surface area contributed by atoms with E-state index in [9.17, 15) is 14.4 Å². The first-order valence-corrected chi connectivity index (χ1v) is 11.9. The van der Waals surface area contributed by atoms with Crippen molar-refractivity contribution in [3.8, 4) is 0 Å². The molecule has 0 radical (unpaired) electrons. The molecule has 2 aromatic carbocycles. The van der Waals surface area contributed by atoms with E-state index >= 15 is 0 Å². The molecule has 0 spiro atoms. The average molecular weight is 472 g/mol. The van der Waals surface area contributed by atoms with Crippen LogP contribution in [0.25, 0.3) is 0 Å². The van der Waals surface area contributed by atoms with Crippen LogP contribution in [0.15, 0.2) is 59.5 Å². The molecule has 1 N–H and O–H groups in total. The highest BCUT2D eigenvalue weighted by Crippen LogP contribution is 2.25. The molecule has 6 nitrogen and oxygen atoms in total. The monoisotopic (exact) mass is 471 g/mol. The number of hydrogen-bond acceptors (Lipinski definition) is 6. The smallest absolute Gasteiger partial charge is 0.408 e. The molecule has 7 heteroatoms. The molecule has 1 amide bonds. The predicted molar refractivity (Wildman–Crippen MR) is 130 cm³/mol. The average Bonchev–Trinajstić information content (AvgIpc) is 3.27. The Morgan fingerprint density at radius 1 is 0.970 bits per heavy atom. The lowest BCUT2D eigenvalue weighted by atomic mass is 10.2. The van der Waals surface area contributed by atoms with Gasteiger partial charge in [-0.3, -0.25) is 9.59 Å². The van der Waals surface area contributed by atoms with Crippen molar-refractivity contribution in [2.24, 2.45) is 0 Å². The van der Waals surface area contributed by atoms with E-state index in [1.165, 1.54) is 11.8 Å². The summed E-state index contributed by atoms with van der Waals surface area (Å²) in [4.78, 5) is 35.6. The summed E-state index contributed by atoms with van der Waals surface area (Å²) in [5, 5.41) is 2.47. The Bertz CT molecular complexity index is 918. The van der Waals surface area contributed by atoms with E-state index in [-0.39, 0.29) is 17.8 Å². The largest absolute Gasteiger partial charge is 0.461 e. The number of carbonyl (C=O) groups is 3.